The van der Waals surface area contributed by atoms with E-state index in [2.05, 4.69) is 10.1 Å². The molecule has 0 radical (unpaired) electrons. The van der Waals surface area contributed by atoms with Crippen LogP contribution < -0.4 is 0 Å². The van der Waals surface area contributed by atoms with Crippen molar-refractivity contribution in [3.05, 3.63) is 52.3 Å². The van der Waals surface area contributed by atoms with E-state index in [4.69, 9.17) is 4.42 Å². The highest BCUT2D eigenvalue weighted by Crippen LogP contribution is 2.41. The van der Waals surface area contributed by atoms with Gasteiger partial charge in [0.2, 0.25) is 5.82 Å². The zero-order valence-electron chi connectivity index (χ0n) is 10.9. The number of aromatic nitrogens is 3. The number of rotatable bonds is 2. The van der Waals surface area contributed by atoms with Crippen LogP contribution in [0.3, 0.4) is 0 Å². The largest absolute Gasteiger partial charge is 0.461 e. The maximum Gasteiger partial charge on any atom is 0.269 e. The molecule has 0 amide bonds. The zero-order chi connectivity index (χ0) is 15.3. The van der Waals surface area contributed by atoms with Crippen molar-refractivity contribution in [3.63, 3.8) is 0 Å². The number of fused-ring (bicyclic) bond motifs is 2. The number of nitrogens with zero attached hydrogens (tertiary/aromatic N) is 4. The molecule has 3 aromatic rings. The Labute approximate surface area is 127 Å². The summed E-state index contributed by atoms with van der Waals surface area (Å²) >= 11 is 1.29. The molecule has 2 aromatic heterocycles. The molecule has 0 saturated heterocycles. The van der Waals surface area contributed by atoms with Gasteiger partial charge in [-0.2, -0.15) is 4.98 Å². The van der Waals surface area contributed by atoms with Crippen molar-refractivity contribution in [2.24, 2.45) is 0 Å². The van der Waals surface area contributed by atoms with Crippen LogP contribution >= 0.6 is 11.8 Å². The van der Waals surface area contributed by atoms with Crippen molar-refractivity contribution in [2.45, 2.75) is 16.3 Å². The average Bonchev–Trinajstić information content (AvgIpc) is 3.15. The summed E-state index contributed by atoms with van der Waals surface area (Å²) in [5.74, 6) is 0.846. The number of nitro groups is 1. The van der Waals surface area contributed by atoms with Gasteiger partial charge >= 0.3 is 0 Å². The number of nitro benzene ring substituents is 1. The Morgan fingerprint density at radius 1 is 1.41 bits per heavy atom. The molecule has 22 heavy (non-hydrogen) atoms. The number of furan rings is 1. The van der Waals surface area contributed by atoms with E-state index in [0.717, 1.165) is 0 Å². The van der Waals surface area contributed by atoms with Gasteiger partial charge in [0, 0.05) is 22.6 Å². The summed E-state index contributed by atoms with van der Waals surface area (Å²) in [7, 11) is 0. The van der Waals surface area contributed by atoms with Crippen molar-refractivity contribution in [1.29, 1.82) is 0 Å². The van der Waals surface area contributed by atoms with Crippen molar-refractivity contribution in [3.8, 4) is 11.6 Å². The van der Waals surface area contributed by atoms with Gasteiger partial charge in [0.15, 0.2) is 17.1 Å². The number of aliphatic hydroxyl groups is 1. The minimum Gasteiger partial charge on any atom is -0.461 e. The molecule has 8 nitrogen and oxygen atoms in total. The maximum absolute atomic E-state index is 10.9. The van der Waals surface area contributed by atoms with Crippen LogP contribution in [0.1, 0.15) is 11.8 Å². The lowest BCUT2D eigenvalue weighted by Crippen LogP contribution is -2.17. The summed E-state index contributed by atoms with van der Waals surface area (Å²) in [5.41, 5.74) is 0.357. The molecule has 1 N–H and O–H groups in total. The van der Waals surface area contributed by atoms with E-state index in [0.29, 0.717) is 27.2 Å². The van der Waals surface area contributed by atoms with Crippen LogP contribution in [-0.2, 0) is 0 Å². The summed E-state index contributed by atoms with van der Waals surface area (Å²) < 4.78 is 6.57. The number of hydrogen-bond donors (Lipinski definition) is 1. The minimum atomic E-state index is -1.12. The maximum atomic E-state index is 10.9. The predicted octanol–water partition coefficient (Wildman–Crippen LogP) is 2.45. The fraction of sp³-hybridized carbons (Fsp3) is 0.0769. The summed E-state index contributed by atoms with van der Waals surface area (Å²) in [4.78, 5) is 15.4. The molecule has 110 valence electrons. The first-order chi connectivity index (χ1) is 10.6. The molecule has 1 aliphatic rings. The van der Waals surface area contributed by atoms with Crippen molar-refractivity contribution in [1.82, 2.24) is 14.8 Å². The first kappa shape index (κ1) is 13.0. The first-order valence-corrected chi connectivity index (χ1v) is 7.10. The van der Waals surface area contributed by atoms with Gasteiger partial charge in [-0.1, -0.05) is 0 Å². The number of non-ortho nitro benzene ring substituents is 1. The Balaban J connectivity index is 1.80. The summed E-state index contributed by atoms with van der Waals surface area (Å²) in [6.45, 7) is 0. The zero-order valence-corrected chi connectivity index (χ0v) is 11.7. The molecule has 0 fully saturated rings. The summed E-state index contributed by atoms with van der Waals surface area (Å²) in [5, 5.41) is 26.0. The van der Waals surface area contributed by atoms with E-state index < -0.39 is 11.2 Å². The van der Waals surface area contributed by atoms with Crippen LogP contribution in [0, 0.1) is 10.1 Å². The molecular weight excluding hydrogens is 308 g/mol. The van der Waals surface area contributed by atoms with E-state index in [1.807, 2.05) is 0 Å². The van der Waals surface area contributed by atoms with Gasteiger partial charge in [0.1, 0.15) is 0 Å². The smallest absolute Gasteiger partial charge is 0.269 e. The highest BCUT2D eigenvalue weighted by atomic mass is 32.2. The van der Waals surface area contributed by atoms with Crippen LogP contribution in [-0.4, -0.2) is 24.8 Å². The Kier molecular flexibility index (Phi) is 2.78. The van der Waals surface area contributed by atoms with Gasteiger partial charge < -0.3 is 9.52 Å². The standard InChI is InChI=1S/C13H8N4O4S/c18-12-8-6-7(17(19)20)3-4-10(8)22-13-14-11(15-16(12)13)9-2-1-5-21-9/h1-6,12,18H/t12-/m1/s1. The van der Waals surface area contributed by atoms with Crippen molar-refractivity contribution < 1.29 is 14.4 Å². The van der Waals surface area contributed by atoms with Crippen LogP contribution in [0.5, 0.6) is 0 Å². The van der Waals surface area contributed by atoms with E-state index in [1.165, 1.54) is 34.8 Å². The van der Waals surface area contributed by atoms with Gasteiger partial charge in [-0.15, -0.1) is 5.10 Å². The molecule has 1 atom stereocenters. The molecule has 9 heteroatoms. The fourth-order valence-electron chi connectivity index (χ4n) is 2.22. The SMILES string of the molecule is O=[N+]([O-])c1ccc2c(c1)[C@@H](O)n1nc(-c3ccco3)nc1S2. The minimum absolute atomic E-state index is 0.0757. The topological polar surface area (TPSA) is 107 Å². The second kappa shape index (κ2) is 4.68. The Bertz CT molecular complexity index is 874. The lowest BCUT2D eigenvalue weighted by molar-refractivity contribution is -0.385. The van der Waals surface area contributed by atoms with Crippen LogP contribution in [0.25, 0.3) is 11.6 Å². The van der Waals surface area contributed by atoms with Crippen LogP contribution in [0.2, 0.25) is 0 Å². The molecule has 1 aromatic carbocycles. The van der Waals surface area contributed by atoms with E-state index >= 15 is 0 Å². The molecule has 4 rings (SSSR count). The van der Waals surface area contributed by atoms with Crippen LogP contribution in [0.15, 0.2) is 51.1 Å². The first-order valence-electron chi connectivity index (χ1n) is 6.28. The number of benzene rings is 1. The third kappa shape index (κ3) is 1.90. The molecule has 0 spiro atoms. The quantitative estimate of drug-likeness (QED) is 0.571. The van der Waals surface area contributed by atoms with Gasteiger partial charge in [-0.3, -0.25) is 10.1 Å². The molecule has 0 bridgehead atoms. The van der Waals surface area contributed by atoms with E-state index in [9.17, 15) is 15.2 Å². The lowest BCUT2D eigenvalue weighted by atomic mass is 10.1. The average molecular weight is 316 g/mol. The van der Waals surface area contributed by atoms with E-state index in [1.54, 1.807) is 18.2 Å². The molecular formula is C13H8N4O4S. The van der Waals surface area contributed by atoms with Crippen molar-refractivity contribution >= 4 is 17.4 Å². The highest BCUT2D eigenvalue weighted by Gasteiger charge is 2.29. The van der Waals surface area contributed by atoms with Gasteiger partial charge in [0.25, 0.3) is 5.69 Å². The molecule has 1 aliphatic heterocycles. The third-order valence-electron chi connectivity index (χ3n) is 3.26. The number of aliphatic hydroxyl groups excluding tert-OH is 1. The third-order valence-corrected chi connectivity index (χ3v) is 4.31. The molecule has 3 heterocycles. The van der Waals surface area contributed by atoms with Gasteiger partial charge in [-0.25, -0.2) is 4.68 Å². The van der Waals surface area contributed by atoms with Gasteiger partial charge in [0.05, 0.1) is 11.2 Å². The molecule has 0 aliphatic carbocycles. The highest BCUT2D eigenvalue weighted by molar-refractivity contribution is 7.99. The van der Waals surface area contributed by atoms with Crippen LogP contribution in [0.4, 0.5) is 5.69 Å². The predicted molar refractivity (Wildman–Crippen MR) is 75.3 cm³/mol. The Morgan fingerprint density at radius 3 is 3.00 bits per heavy atom. The van der Waals surface area contributed by atoms with Gasteiger partial charge in [-0.05, 0) is 30.0 Å². The summed E-state index contributed by atoms with van der Waals surface area (Å²) in [6, 6.07) is 7.79. The summed E-state index contributed by atoms with van der Waals surface area (Å²) in [6.07, 6.45) is 0.388. The Morgan fingerprint density at radius 2 is 2.27 bits per heavy atom. The number of hydrogen-bond acceptors (Lipinski definition) is 7. The lowest BCUT2D eigenvalue weighted by Gasteiger charge is -2.21. The Hall–Kier alpha value is -2.65. The normalized spacial score (nSPS) is 16.1. The van der Waals surface area contributed by atoms with E-state index in [-0.39, 0.29) is 5.69 Å². The second-order valence-electron chi connectivity index (χ2n) is 4.59. The second-order valence-corrected chi connectivity index (χ2v) is 5.60. The molecule has 0 unspecified atom stereocenters. The van der Waals surface area contributed by atoms with Crippen molar-refractivity contribution in [2.75, 3.05) is 0 Å². The fourth-order valence-corrected chi connectivity index (χ4v) is 3.20. The molecule has 0 saturated carbocycles. The monoisotopic (exact) mass is 316 g/mol.